The highest BCUT2D eigenvalue weighted by atomic mass is 16.5. The first-order chi connectivity index (χ1) is 6.77. The van der Waals surface area contributed by atoms with E-state index in [0.717, 1.165) is 45.7 Å². The molecule has 0 atom stereocenters. The number of ether oxygens (including phenoxy) is 2. The Labute approximate surface area is 84.2 Å². The van der Waals surface area contributed by atoms with Crippen LogP contribution in [-0.2, 0) is 14.3 Å². The summed E-state index contributed by atoms with van der Waals surface area (Å²) in [5.74, 6) is -0.0380. The summed E-state index contributed by atoms with van der Waals surface area (Å²) in [6.45, 7) is 4.31. The van der Waals surface area contributed by atoms with Crippen molar-refractivity contribution in [3.05, 3.63) is 0 Å². The van der Waals surface area contributed by atoms with Gasteiger partial charge in [0.1, 0.15) is 0 Å². The quantitative estimate of drug-likeness (QED) is 0.612. The number of morpholine rings is 1. The van der Waals surface area contributed by atoms with E-state index in [1.807, 2.05) is 0 Å². The van der Waals surface area contributed by atoms with Crippen molar-refractivity contribution in [1.82, 2.24) is 4.90 Å². The summed E-state index contributed by atoms with van der Waals surface area (Å²) >= 11 is 0. The van der Waals surface area contributed by atoms with E-state index in [1.165, 1.54) is 7.11 Å². The summed E-state index contributed by atoms with van der Waals surface area (Å²) in [4.78, 5) is 13.8. The van der Waals surface area contributed by atoms with Gasteiger partial charge in [0.15, 0.2) is 0 Å². The normalized spacial score (nSPS) is 25.8. The largest absolute Gasteiger partial charge is 0.469 e. The molecule has 0 unspecified atom stereocenters. The lowest BCUT2D eigenvalue weighted by molar-refractivity contribution is -0.148. The first-order valence-corrected chi connectivity index (χ1v) is 5.15. The second-order valence-electron chi connectivity index (χ2n) is 4.16. The van der Waals surface area contributed by atoms with Crippen molar-refractivity contribution in [1.29, 1.82) is 0 Å². The lowest BCUT2D eigenvalue weighted by Gasteiger charge is -2.29. The minimum Gasteiger partial charge on any atom is -0.469 e. The highest BCUT2D eigenvalue weighted by Crippen LogP contribution is 2.47. The Morgan fingerprint density at radius 2 is 2.07 bits per heavy atom. The van der Waals surface area contributed by atoms with Crippen LogP contribution in [0.5, 0.6) is 0 Å². The average Bonchev–Trinajstić information content (AvgIpc) is 2.99. The highest BCUT2D eigenvalue weighted by Gasteiger charge is 2.51. The van der Waals surface area contributed by atoms with Gasteiger partial charge in [0.2, 0.25) is 0 Å². The SMILES string of the molecule is COC(=O)C1(CN2CCOCC2)CC1. The lowest BCUT2D eigenvalue weighted by Crippen LogP contribution is -2.42. The average molecular weight is 199 g/mol. The van der Waals surface area contributed by atoms with Crippen LogP contribution in [-0.4, -0.2) is 50.8 Å². The molecule has 0 amide bonds. The summed E-state index contributed by atoms with van der Waals surface area (Å²) in [6, 6.07) is 0. The second-order valence-corrected chi connectivity index (χ2v) is 4.16. The maximum atomic E-state index is 11.5. The van der Waals surface area contributed by atoms with Crippen molar-refractivity contribution in [2.75, 3.05) is 40.0 Å². The molecule has 0 aromatic rings. The molecule has 0 spiro atoms. The zero-order valence-electron chi connectivity index (χ0n) is 8.62. The third-order valence-corrected chi connectivity index (χ3v) is 3.10. The van der Waals surface area contributed by atoms with E-state index < -0.39 is 0 Å². The van der Waals surface area contributed by atoms with Crippen LogP contribution in [0, 0.1) is 5.41 Å². The molecule has 2 aliphatic rings. The number of hydrogen-bond donors (Lipinski definition) is 0. The Morgan fingerprint density at radius 1 is 1.43 bits per heavy atom. The van der Waals surface area contributed by atoms with Gasteiger partial charge in [0, 0.05) is 19.6 Å². The molecule has 4 heteroatoms. The summed E-state index contributed by atoms with van der Waals surface area (Å²) in [5, 5.41) is 0. The third-order valence-electron chi connectivity index (χ3n) is 3.10. The molecular formula is C10H17NO3. The first kappa shape index (κ1) is 9.93. The second kappa shape index (κ2) is 3.87. The monoisotopic (exact) mass is 199 g/mol. The Hall–Kier alpha value is -0.610. The van der Waals surface area contributed by atoms with Gasteiger partial charge in [-0.2, -0.15) is 0 Å². The fourth-order valence-electron chi connectivity index (χ4n) is 1.98. The van der Waals surface area contributed by atoms with Crippen LogP contribution < -0.4 is 0 Å². The number of carbonyl (C=O) groups excluding carboxylic acids is 1. The maximum Gasteiger partial charge on any atom is 0.313 e. The molecule has 14 heavy (non-hydrogen) atoms. The minimum absolute atomic E-state index is 0.0380. The Bertz CT molecular complexity index is 219. The van der Waals surface area contributed by atoms with Gasteiger partial charge in [-0.25, -0.2) is 0 Å². The first-order valence-electron chi connectivity index (χ1n) is 5.15. The van der Waals surface area contributed by atoms with E-state index in [2.05, 4.69) is 4.90 Å². The topological polar surface area (TPSA) is 38.8 Å². The van der Waals surface area contributed by atoms with Crippen LogP contribution in [0.25, 0.3) is 0 Å². The fraction of sp³-hybridized carbons (Fsp3) is 0.900. The molecule has 2 rings (SSSR count). The molecule has 80 valence electrons. The minimum atomic E-state index is -0.175. The van der Waals surface area contributed by atoms with Crippen molar-refractivity contribution in [2.24, 2.45) is 5.41 Å². The van der Waals surface area contributed by atoms with Gasteiger partial charge in [-0.3, -0.25) is 9.69 Å². The molecule has 1 aliphatic carbocycles. The summed E-state index contributed by atoms with van der Waals surface area (Å²) < 4.78 is 10.1. The van der Waals surface area contributed by atoms with E-state index in [1.54, 1.807) is 0 Å². The Kier molecular flexibility index (Phi) is 2.74. The number of hydrogen-bond acceptors (Lipinski definition) is 4. The van der Waals surface area contributed by atoms with Crippen LogP contribution in [0.4, 0.5) is 0 Å². The van der Waals surface area contributed by atoms with Crippen LogP contribution in [0.15, 0.2) is 0 Å². The van der Waals surface area contributed by atoms with E-state index in [0.29, 0.717) is 0 Å². The lowest BCUT2D eigenvalue weighted by atomic mass is 10.1. The predicted octanol–water partition coefficient (Wildman–Crippen LogP) is 0.272. The molecule has 0 radical (unpaired) electrons. The van der Waals surface area contributed by atoms with Crippen molar-refractivity contribution >= 4 is 5.97 Å². The molecule has 0 bridgehead atoms. The molecule has 0 N–H and O–H groups in total. The molecule has 0 aromatic carbocycles. The van der Waals surface area contributed by atoms with Gasteiger partial charge >= 0.3 is 5.97 Å². The Balaban J connectivity index is 1.86. The number of esters is 1. The highest BCUT2D eigenvalue weighted by molar-refractivity contribution is 5.80. The van der Waals surface area contributed by atoms with E-state index in [4.69, 9.17) is 9.47 Å². The zero-order chi connectivity index (χ0) is 10.0. The molecule has 1 aliphatic heterocycles. The zero-order valence-corrected chi connectivity index (χ0v) is 8.62. The van der Waals surface area contributed by atoms with Crippen LogP contribution in [0.2, 0.25) is 0 Å². The number of methoxy groups -OCH3 is 1. The van der Waals surface area contributed by atoms with Gasteiger partial charge < -0.3 is 9.47 Å². The van der Waals surface area contributed by atoms with Gasteiger partial charge in [-0.05, 0) is 12.8 Å². The summed E-state index contributed by atoms with van der Waals surface area (Å²) in [5.41, 5.74) is -0.175. The standard InChI is InChI=1S/C10H17NO3/c1-13-9(12)10(2-3-10)8-11-4-6-14-7-5-11/h2-8H2,1H3. The maximum absolute atomic E-state index is 11.5. The van der Waals surface area contributed by atoms with Crippen molar-refractivity contribution in [2.45, 2.75) is 12.8 Å². The van der Waals surface area contributed by atoms with Crippen LogP contribution in [0.1, 0.15) is 12.8 Å². The van der Waals surface area contributed by atoms with Gasteiger partial charge in [-0.15, -0.1) is 0 Å². The van der Waals surface area contributed by atoms with Crippen LogP contribution >= 0.6 is 0 Å². The summed E-state index contributed by atoms with van der Waals surface area (Å²) in [7, 11) is 1.47. The number of nitrogens with zero attached hydrogens (tertiary/aromatic N) is 1. The smallest absolute Gasteiger partial charge is 0.313 e. The van der Waals surface area contributed by atoms with Gasteiger partial charge in [0.05, 0.1) is 25.7 Å². The molecule has 4 nitrogen and oxygen atoms in total. The predicted molar refractivity (Wildman–Crippen MR) is 50.9 cm³/mol. The fourth-order valence-corrected chi connectivity index (χ4v) is 1.98. The molecule has 1 saturated carbocycles. The number of carbonyl (C=O) groups is 1. The molecular weight excluding hydrogens is 182 g/mol. The molecule has 0 aromatic heterocycles. The molecule has 2 fully saturated rings. The summed E-state index contributed by atoms with van der Waals surface area (Å²) in [6.07, 6.45) is 1.97. The van der Waals surface area contributed by atoms with E-state index in [-0.39, 0.29) is 11.4 Å². The van der Waals surface area contributed by atoms with Crippen molar-refractivity contribution < 1.29 is 14.3 Å². The van der Waals surface area contributed by atoms with Gasteiger partial charge in [0.25, 0.3) is 0 Å². The van der Waals surface area contributed by atoms with Gasteiger partial charge in [-0.1, -0.05) is 0 Å². The van der Waals surface area contributed by atoms with E-state index in [9.17, 15) is 4.79 Å². The van der Waals surface area contributed by atoms with Crippen LogP contribution in [0.3, 0.4) is 0 Å². The number of rotatable bonds is 3. The van der Waals surface area contributed by atoms with Crippen molar-refractivity contribution in [3.8, 4) is 0 Å². The Morgan fingerprint density at radius 3 is 2.57 bits per heavy atom. The molecule has 1 heterocycles. The third kappa shape index (κ3) is 1.91. The molecule has 1 saturated heterocycles. The van der Waals surface area contributed by atoms with Crippen molar-refractivity contribution in [3.63, 3.8) is 0 Å². The van der Waals surface area contributed by atoms with E-state index >= 15 is 0 Å².